The number of aromatic nitrogens is 2. The highest BCUT2D eigenvalue weighted by molar-refractivity contribution is 7.99. The summed E-state index contributed by atoms with van der Waals surface area (Å²) >= 11 is 3.38. The van der Waals surface area contributed by atoms with E-state index in [1.807, 2.05) is 0 Å². The van der Waals surface area contributed by atoms with Crippen molar-refractivity contribution in [1.29, 1.82) is 0 Å². The smallest absolute Gasteiger partial charge is 0.263 e. The van der Waals surface area contributed by atoms with Crippen molar-refractivity contribution in [2.45, 2.75) is 62.8 Å². The molecule has 0 amide bonds. The highest BCUT2D eigenvalue weighted by Crippen LogP contribution is 2.35. The summed E-state index contributed by atoms with van der Waals surface area (Å²) in [4.78, 5) is 20.3. The van der Waals surface area contributed by atoms with Crippen molar-refractivity contribution in [2.24, 2.45) is 0 Å². The van der Waals surface area contributed by atoms with Gasteiger partial charge < -0.3 is 4.74 Å². The minimum Gasteiger partial charge on any atom is -0.377 e. The summed E-state index contributed by atoms with van der Waals surface area (Å²) in [7, 11) is 0. The topological polar surface area (TPSA) is 44.1 Å². The summed E-state index contributed by atoms with van der Waals surface area (Å²) in [5.74, 6) is 0.861. The molecule has 2 aliphatic rings. The van der Waals surface area contributed by atoms with Crippen molar-refractivity contribution in [1.82, 2.24) is 9.55 Å². The maximum atomic E-state index is 13.2. The third-order valence-corrected chi connectivity index (χ3v) is 7.32. The molecule has 6 heteroatoms. The Labute approximate surface area is 156 Å². The first-order chi connectivity index (χ1) is 12.3. The van der Waals surface area contributed by atoms with Gasteiger partial charge in [-0.3, -0.25) is 9.36 Å². The maximum Gasteiger partial charge on any atom is 0.263 e. The van der Waals surface area contributed by atoms with E-state index in [-0.39, 0.29) is 11.7 Å². The van der Waals surface area contributed by atoms with Crippen LogP contribution in [0.4, 0.5) is 0 Å². The molecule has 4 rings (SSSR count). The zero-order chi connectivity index (χ0) is 17.2. The van der Waals surface area contributed by atoms with Gasteiger partial charge in [-0.05, 0) is 50.5 Å². The molecule has 1 atom stereocenters. The van der Waals surface area contributed by atoms with Crippen LogP contribution in [0.1, 0.15) is 42.5 Å². The highest BCUT2D eigenvalue weighted by atomic mass is 32.2. The third-order valence-electron chi connectivity index (χ3n) is 5.02. The number of allylic oxidation sites excluding steroid dienone is 1. The van der Waals surface area contributed by atoms with Crippen LogP contribution in [-0.4, -0.2) is 28.0 Å². The van der Waals surface area contributed by atoms with E-state index in [4.69, 9.17) is 9.72 Å². The van der Waals surface area contributed by atoms with E-state index >= 15 is 0 Å². The van der Waals surface area contributed by atoms with E-state index in [0.29, 0.717) is 6.54 Å². The summed E-state index contributed by atoms with van der Waals surface area (Å²) in [6, 6.07) is 0. The molecule has 3 heterocycles. The van der Waals surface area contributed by atoms with Crippen LogP contribution in [0.25, 0.3) is 10.2 Å². The molecule has 0 aromatic carbocycles. The van der Waals surface area contributed by atoms with Gasteiger partial charge in [0.1, 0.15) is 4.83 Å². The average Bonchev–Trinajstić information content (AvgIpc) is 3.02. The molecule has 2 aromatic heterocycles. The molecule has 2 aromatic rings. The van der Waals surface area contributed by atoms with Crippen LogP contribution >= 0.6 is 23.1 Å². The van der Waals surface area contributed by atoms with Gasteiger partial charge in [-0.15, -0.1) is 17.9 Å². The summed E-state index contributed by atoms with van der Waals surface area (Å²) in [5, 5.41) is 1.67. The molecular formula is C19H24N2O2S2. The SMILES string of the molecule is C=CCn1c(SC[C@H]2CCCCO2)nc2sc3c(c2c1=O)CCCC3. The Morgan fingerprint density at radius 3 is 3.00 bits per heavy atom. The summed E-state index contributed by atoms with van der Waals surface area (Å²) in [5.41, 5.74) is 1.37. The molecule has 1 aliphatic heterocycles. The molecule has 25 heavy (non-hydrogen) atoms. The second-order valence-electron chi connectivity index (χ2n) is 6.79. The van der Waals surface area contributed by atoms with Gasteiger partial charge in [0.15, 0.2) is 5.16 Å². The lowest BCUT2D eigenvalue weighted by atomic mass is 9.97. The predicted octanol–water partition coefficient (Wildman–Crippen LogP) is 4.18. The van der Waals surface area contributed by atoms with Gasteiger partial charge in [0.2, 0.25) is 0 Å². The number of ether oxygens (including phenoxy) is 1. The second kappa shape index (κ2) is 7.64. The fourth-order valence-electron chi connectivity index (χ4n) is 3.73. The number of hydrogen-bond acceptors (Lipinski definition) is 5. The highest BCUT2D eigenvalue weighted by Gasteiger charge is 2.23. The monoisotopic (exact) mass is 376 g/mol. The van der Waals surface area contributed by atoms with E-state index in [2.05, 4.69) is 6.58 Å². The number of aryl methyl sites for hydroxylation is 2. The Balaban J connectivity index is 1.70. The van der Waals surface area contributed by atoms with Crippen LogP contribution in [0.15, 0.2) is 22.6 Å². The van der Waals surface area contributed by atoms with Crippen molar-refractivity contribution in [3.63, 3.8) is 0 Å². The minimum atomic E-state index is 0.108. The van der Waals surface area contributed by atoms with E-state index in [1.54, 1.807) is 33.7 Å². The number of hydrogen-bond donors (Lipinski definition) is 0. The Morgan fingerprint density at radius 2 is 2.20 bits per heavy atom. The zero-order valence-corrected chi connectivity index (χ0v) is 16.1. The lowest BCUT2D eigenvalue weighted by Gasteiger charge is -2.22. The first-order valence-electron chi connectivity index (χ1n) is 9.18. The largest absolute Gasteiger partial charge is 0.377 e. The van der Waals surface area contributed by atoms with Gasteiger partial charge in [-0.25, -0.2) is 4.98 Å². The van der Waals surface area contributed by atoms with E-state index in [0.717, 1.165) is 53.4 Å². The van der Waals surface area contributed by atoms with E-state index in [1.165, 1.54) is 29.7 Å². The van der Waals surface area contributed by atoms with Gasteiger partial charge in [0.05, 0.1) is 11.5 Å². The van der Waals surface area contributed by atoms with Crippen LogP contribution in [-0.2, 0) is 24.1 Å². The quantitative estimate of drug-likeness (QED) is 0.446. The molecule has 1 aliphatic carbocycles. The van der Waals surface area contributed by atoms with Gasteiger partial charge >= 0.3 is 0 Å². The van der Waals surface area contributed by atoms with Crippen molar-refractivity contribution < 1.29 is 4.74 Å². The van der Waals surface area contributed by atoms with Crippen molar-refractivity contribution in [3.05, 3.63) is 33.4 Å². The van der Waals surface area contributed by atoms with Crippen molar-refractivity contribution in [2.75, 3.05) is 12.4 Å². The van der Waals surface area contributed by atoms with Gasteiger partial charge in [0.25, 0.3) is 5.56 Å². The standard InChI is InChI=1S/C19H24N2O2S2/c1-2-10-21-18(22)16-14-8-3-4-9-15(14)25-17(16)20-19(21)24-12-13-7-5-6-11-23-13/h2,13H,1,3-12H2/t13-/m1/s1. The van der Waals surface area contributed by atoms with Crippen molar-refractivity contribution in [3.8, 4) is 0 Å². The molecule has 0 radical (unpaired) electrons. The van der Waals surface area contributed by atoms with E-state index in [9.17, 15) is 4.79 Å². The third kappa shape index (κ3) is 3.44. The first kappa shape index (κ1) is 17.3. The van der Waals surface area contributed by atoms with Gasteiger partial charge in [-0.2, -0.15) is 0 Å². The molecule has 0 N–H and O–H groups in total. The summed E-state index contributed by atoms with van der Waals surface area (Å²) < 4.78 is 7.63. The average molecular weight is 377 g/mol. The Morgan fingerprint density at radius 1 is 1.32 bits per heavy atom. The number of thiophene rings is 1. The second-order valence-corrected chi connectivity index (χ2v) is 8.86. The normalized spacial score (nSPS) is 20.6. The molecule has 1 saturated heterocycles. The predicted molar refractivity (Wildman–Crippen MR) is 105 cm³/mol. The lowest BCUT2D eigenvalue weighted by Crippen LogP contribution is -2.25. The molecule has 0 unspecified atom stereocenters. The van der Waals surface area contributed by atoms with Crippen LogP contribution in [0.3, 0.4) is 0 Å². The molecule has 4 nitrogen and oxygen atoms in total. The molecular weight excluding hydrogens is 352 g/mol. The Bertz CT molecular complexity index is 834. The van der Waals surface area contributed by atoms with Crippen molar-refractivity contribution >= 4 is 33.3 Å². The molecule has 0 bridgehead atoms. The van der Waals surface area contributed by atoms with Crippen LogP contribution < -0.4 is 5.56 Å². The summed E-state index contributed by atoms with van der Waals surface area (Å²) in [6.45, 7) is 5.19. The van der Waals surface area contributed by atoms with Gasteiger partial charge in [-0.1, -0.05) is 17.8 Å². The molecule has 0 saturated carbocycles. The maximum absolute atomic E-state index is 13.2. The Kier molecular flexibility index (Phi) is 5.29. The first-order valence-corrected chi connectivity index (χ1v) is 11.0. The summed E-state index contributed by atoms with van der Waals surface area (Å²) in [6.07, 6.45) is 10.1. The van der Waals surface area contributed by atoms with Crippen LogP contribution in [0, 0.1) is 0 Å². The number of nitrogens with zero attached hydrogens (tertiary/aromatic N) is 2. The zero-order valence-electron chi connectivity index (χ0n) is 14.5. The number of fused-ring (bicyclic) bond motifs is 3. The number of thioether (sulfide) groups is 1. The van der Waals surface area contributed by atoms with E-state index < -0.39 is 0 Å². The number of rotatable bonds is 5. The van der Waals surface area contributed by atoms with Gasteiger partial charge in [0, 0.05) is 23.8 Å². The fourth-order valence-corrected chi connectivity index (χ4v) is 6.10. The minimum absolute atomic E-state index is 0.108. The Hall–Kier alpha value is -1.11. The van der Waals surface area contributed by atoms with Crippen LogP contribution in [0.2, 0.25) is 0 Å². The molecule has 134 valence electrons. The lowest BCUT2D eigenvalue weighted by molar-refractivity contribution is 0.0315. The molecule has 1 fully saturated rings. The fraction of sp³-hybridized carbons (Fsp3) is 0.579. The molecule has 0 spiro atoms. The van der Waals surface area contributed by atoms with Crippen LogP contribution in [0.5, 0.6) is 0 Å².